The van der Waals surface area contributed by atoms with Crippen LogP contribution in [0, 0.1) is 5.41 Å². The molecule has 0 aliphatic rings. The number of carbonyl (C=O) groups excluding carboxylic acids is 1. The fraction of sp³-hybridized carbons (Fsp3) is 0.500. The molecule has 0 aromatic heterocycles. The van der Waals surface area contributed by atoms with Crippen molar-refractivity contribution in [3.63, 3.8) is 0 Å². The summed E-state index contributed by atoms with van der Waals surface area (Å²) >= 11 is 0. The largest absolute Gasteiger partial charge is 0.497 e. The molecule has 4 heteroatoms. The number of hydrogen-bond acceptors (Lipinski definition) is 4. The van der Waals surface area contributed by atoms with Gasteiger partial charge in [-0.2, -0.15) is 0 Å². The Bertz CT molecular complexity index is 427. The predicted octanol–water partition coefficient (Wildman–Crippen LogP) is 2.26. The van der Waals surface area contributed by atoms with Crippen molar-refractivity contribution < 1.29 is 14.3 Å². The van der Waals surface area contributed by atoms with E-state index in [4.69, 9.17) is 15.2 Å². The summed E-state index contributed by atoms with van der Waals surface area (Å²) in [6.45, 7) is 4.26. The molecule has 1 rings (SSSR count). The lowest BCUT2D eigenvalue weighted by Crippen LogP contribution is -2.27. The zero-order valence-corrected chi connectivity index (χ0v) is 11.4. The SMILES string of the molecule is COc1ccc(OC)c(C(=O)C(C)(C)CCN)c1. The minimum Gasteiger partial charge on any atom is -0.497 e. The summed E-state index contributed by atoms with van der Waals surface area (Å²) in [5.74, 6) is 1.22. The molecule has 100 valence electrons. The van der Waals surface area contributed by atoms with Crippen LogP contribution in [0.4, 0.5) is 0 Å². The van der Waals surface area contributed by atoms with E-state index in [1.54, 1.807) is 32.4 Å². The highest BCUT2D eigenvalue weighted by molar-refractivity contribution is 6.02. The van der Waals surface area contributed by atoms with Gasteiger partial charge in [-0.05, 0) is 31.2 Å². The summed E-state index contributed by atoms with van der Waals surface area (Å²) in [6.07, 6.45) is 0.631. The second-order valence-corrected chi connectivity index (χ2v) is 4.82. The van der Waals surface area contributed by atoms with Crippen LogP contribution >= 0.6 is 0 Å². The third kappa shape index (κ3) is 3.01. The number of ether oxygens (including phenoxy) is 2. The van der Waals surface area contributed by atoms with E-state index in [0.717, 1.165) is 0 Å². The molecule has 1 aromatic carbocycles. The van der Waals surface area contributed by atoms with Crippen LogP contribution in [0.5, 0.6) is 11.5 Å². The maximum absolute atomic E-state index is 12.5. The quantitative estimate of drug-likeness (QED) is 0.788. The van der Waals surface area contributed by atoms with Gasteiger partial charge in [0, 0.05) is 5.41 Å². The molecule has 1 aromatic rings. The number of hydrogen-bond donors (Lipinski definition) is 1. The molecule has 0 fully saturated rings. The first kappa shape index (κ1) is 14.5. The molecule has 4 nitrogen and oxygen atoms in total. The molecule has 0 aliphatic carbocycles. The molecular weight excluding hydrogens is 230 g/mol. The molecule has 0 radical (unpaired) electrons. The first-order valence-electron chi connectivity index (χ1n) is 5.93. The third-order valence-corrected chi connectivity index (χ3v) is 3.04. The molecule has 0 aliphatic heterocycles. The number of nitrogens with two attached hydrogens (primary N) is 1. The zero-order valence-electron chi connectivity index (χ0n) is 11.4. The Morgan fingerprint density at radius 1 is 1.28 bits per heavy atom. The van der Waals surface area contributed by atoms with Gasteiger partial charge in [0.1, 0.15) is 11.5 Å². The Kier molecular flexibility index (Phi) is 4.73. The average Bonchev–Trinajstić information content (AvgIpc) is 2.37. The van der Waals surface area contributed by atoms with Crippen LogP contribution in [0.1, 0.15) is 30.6 Å². The lowest BCUT2D eigenvalue weighted by atomic mass is 9.81. The summed E-state index contributed by atoms with van der Waals surface area (Å²) in [5.41, 5.74) is 5.58. The fourth-order valence-corrected chi connectivity index (χ4v) is 1.83. The van der Waals surface area contributed by atoms with Gasteiger partial charge in [0.25, 0.3) is 0 Å². The Morgan fingerprint density at radius 2 is 1.94 bits per heavy atom. The first-order valence-corrected chi connectivity index (χ1v) is 5.93. The van der Waals surface area contributed by atoms with E-state index in [9.17, 15) is 4.79 Å². The number of benzene rings is 1. The van der Waals surface area contributed by atoms with Crippen molar-refractivity contribution in [2.24, 2.45) is 11.1 Å². The van der Waals surface area contributed by atoms with Crippen LogP contribution in [0.25, 0.3) is 0 Å². The Labute approximate surface area is 108 Å². The van der Waals surface area contributed by atoms with Crippen LogP contribution in [0.3, 0.4) is 0 Å². The van der Waals surface area contributed by atoms with Crippen molar-refractivity contribution in [1.29, 1.82) is 0 Å². The Morgan fingerprint density at radius 3 is 2.44 bits per heavy atom. The Hall–Kier alpha value is -1.55. The highest BCUT2D eigenvalue weighted by Crippen LogP contribution is 2.32. The van der Waals surface area contributed by atoms with E-state index in [0.29, 0.717) is 30.0 Å². The van der Waals surface area contributed by atoms with Crippen LogP contribution < -0.4 is 15.2 Å². The zero-order chi connectivity index (χ0) is 13.8. The number of carbonyl (C=O) groups is 1. The van der Waals surface area contributed by atoms with Gasteiger partial charge in [-0.25, -0.2) is 0 Å². The highest BCUT2D eigenvalue weighted by atomic mass is 16.5. The van der Waals surface area contributed by atoms with Gasteiger partial charge < -0.3 is 15.2 Å². The van der Waals surface area contributed by atoms with Crippen molar-refractivity contribution >= 4 is 5.78 Å². The Balaban J connectivity index is 3.17. The standard InChI is InChI=1S/C14H21NO3/c1-14(2,7-8-15)13(16)11-9-10(17-3)5-6-12(11)18-4/h5-6,9H,7-8,15H2,1-4H3. The van der Waals surface area contributed by atoms with E-state index >= 15 is 0 Å². The highest BCUT2D eigenvalue weighted by Gasteiger charge is 2.30. The van der Waals surface area contributed by atoms with Gasteiger partial charge in [0.2, 0.25) is 0 Å². The lowest BCUT2D eigenvalue weighted by Gasteiger charge is -2.23. The number of ketones is 1. The first-order chi connectivity index (χ1) is 8.46. The molecule has 0 heterocycles. The summed E-state index contributed by atoms with van der Waals surface area (Å²) in [4.78, 5) is 12.5. The minimum atomic E-state index is -0.506. The van der Waals surface area contributed by atoms with E-state index in [2.05, 4.69) is 0 Å². The maximum Gasteiger partial charge on any atom is 0.172 e. The van der Waals surface area contributed by atoms with Crippen LogP contribution in [-0.2, 0) is 0 Å². The average molecular weight is 251 g/mol. The molecule has 0 saturated heterocycles. The monoisotopic (exact) mass is 251 g/mol. The van der Waals surface area contributed by atoms with Crippen molar-refractivity contribution in [3.05, 3.63) is 23.8 Å². The van der Waals surface area contributed by atoms with E-state index in [-0.39, 0.29) is 5.78 Å². The van der Waals surface area contributed by atoms with Crippen LogP contribution in [0.15, 0.2) is 18.2 Å². The number of rotatable bonds is 6. The van der Waals surface area contributed by atoms with E-state index in [1.807, 2.05) is 13.8 Å². The van der Waals surface area contributed by atoms with Gasteiger partial charge in [-0.15, -0.1) is 0 Å². The molecule has 18 heavy (non-hydrogen) atoms. The summed E-state index contributed by atoms with van der Waals surface area (Å²) < 4.78 is 10.4. The molecular formula is C14H21NO3. The van der Waals surface area contributed by atoms with Gasteiger partial charge in [-0.1, -0.05) is 13.8 Å². The lowest BCUT2D eigenvalue weighted by molar-refractivity contribution is 0.0826. The molecule has 0 amide bonds. The summed E-state index contributed by atoms with van der Waals surface area (Å²) in [7, 11) is 3.12. The second kappa shape index (κ2) is 5.87. The smallest absolute Gasteiger partial charge is 0.172 e. The molecule has 0 spiro atoms. The number of Topliss-reactive ketones (excluding diaryl/α,β-unsaturated/α-hetero) is 1. The van der Waals surface area contributed by atoms with Gasteiger partial charge in [0.05, 0.1) is 19.8 Å². The topological polar surface area (TPSA) is 61.5 Å². The van der Waals surface area contributed by atoms with Crippen LogP contribution in [-0.4, -0.2) is 26.5 Å². The normalized spacial score (nSPS) is 11.2. The van der Waals surface area contributed by atoms with Gasteiger partial charge in [-0.3, -0.25) is 4.79 Å². The number of methoxy groups -OCH3 is 2. The second-order valence-electron chi connectivity index (χ2n) is 4.82. The van der Waals surface area contributed by atoms with Crippen molar-refractivity contribution in [2.75, 3.05) is 20.8 Å². The van der Waals surface area contributed by atoms with Crippen LogP contribution in [0.2, 0.25) is 0 Å². The van der Waals surface area contributed by atoms with Crippen molar-refractivity contribution in [1.82, 2.24) is 0 Å². The fourth-order valence-electron chi connectivity index (χ4n) is 1.83. The van der Waals surface area contributed by atoms with Crippen molar-refractivity contribution in [3.8, 4) is 11.5 Å². The predicted molar refractivity (Wildman–Crippen MR) is 71.3 cm³/mol. The van der Waals surface area contributed by atoms with Crippen molar-refractivity contribution in [2.45, 2.75) is 20.3 Å². The molecule has 0 saturated carbocycles. The third-order valence-electron chi connectivity index (χ3n) is 3.04. The van der Waals surface area contributed by atoms with Gasteiger partial charge in [0.15, 0.2) is 5.78 Å². The minimum absolute atomic E-state index is 0.0173. The van der Waals surface area contributed by atoms with Gasteiger partial charge >= 0.3 is 0 Å². The maximum atomic E-state index is 12.5. The summed E-state index contributed by atoms with van der Waals surface area (Å²) in [5, 5.41) is 0. The molecule has 2 N–H and O–H groups in total. The summed E-state index contributed by atoms with van der Waals surface area (Å²) in [6, 6.07) is 5.22. The molecule has 0 bridgehead atoms. The van der Waals surface area contributed by atoms with E-state index in [1.165, 1.54) is 0 Å². The van der Waals surface area contributed by atoms with E-state index < -0.39 is 5.41 Å². The molecule has 0 atom stereocenters. The molecule has 0 unspecified atom stereocenters.